The first-order valence-corrected chi connectivity index (χ1v) is 5.56. The SMILES string of the molecule is CCOC(=O)C(O)C(C(=O)c1ccccc1)[N+](=O)[O-]. The van der Waals surface area contributed by atoms with Gasteiger partial charge >= 0.3 is 12.0 Å². The Kier molecular flexibility index (Phi) is 5.13. The van der Waals surface area contributed by atoms with Crippen LogP contribution >= 0.6 is 0 Å². The number of esters is 1. The van der Waals surface area contributed by atoms with Gasteiger partial charge in [0.25, 0.3) is 0 Å². The minimum atomic E-state index is -2.12. The zero-order chi connectivity index (χ0) is 14.4. The topological polar surface area (TPSA) is 107 Å². The Hall–Kier alpha value is -2.28. The summed E-state index contributed by atoms with van der Waals surface area (Å²) < 4.78 is 4.48. The summed E-state index contributed by atoms with van der Waals surface area (Å²) in [6, 6.07) is 5.37. The van der Waals surface area contributed by atoms with Crippen LogP contribution in [0.1, 0.15) is 17.3 Å². The minimum Gasteiger partial charge on any atom is -0.464 e. The van der Waals surface area contributed by atoms with E-state index in [2.05, 4.69) is 4.74 Å². The van der Waals surface area contributed by atoms with Crippen LogP contribution in [0, 0.1) is 10.1 Å². The molecule has 0 aliphatic heterocycles. The van der Waals surface area contributed by atoms with Gasteiger partial charge in [0.15, 0.2) is 0 Å². The predicted octanol–water partition coefficient (Wildman–Crippen LogP) is 0.439. The van der Waals surface area contributed by atoms with Gasteiger partial charge in [0.05, 0.1) is 6.61 Å². The van der Waals surface area contributed by atoms with Gasteiger partial charge in [-0.25, -0.2) is 4.79 Å². The van der Waals surface area contributed by atoms with E-state index >= 15 is 0 Å². The molecule has 102 valence electrons. The van der Waals surface area contributed by atoms with Crippen molar-refractivity contribution >= 4 is 11.8 Å². The summed E-state index contributed by atoms with van der Waals surface area (Å²) in [7, 11) is 0. The maximum atomic E-state index is 11.9. The lowest BCUT2D eigenvalue weighted by atomic mass is 10.0. The fourth-order valence-electron chi connectivity index (χ4n) is 1.48. The first-order valence-electron chi connectivity index (χ1n) is 5.56. The van der Waals surface area contributed by atoms with Crippen molar-refractivity contribution in [3.63, 3.8) is 0 Å². The average Bonchev–Trinajstić information content (AvgIpc) is 2.39. The monoisotopic (exact) mass is 267 g/mol. The van der Waals surface area contributed by atoms with Crippen LogP contribution in [-0.4, -0.2) is 40.5 Å². The van der Waals surface area contributed by atoms with E-state index in [0.29, 0.717) is 0 Å². The molecule has 1 rings (SSSR count). The molecule has 0 amide bonds. The summed E-state index contributed by atoms with van der Waals surface area (Å²) in [6.07, 6.45) is -2.12. The maximum Gasteiger partial charge on any atom is 0.342 e. The normalized spacial score (nSPS) is 13.4. The van der Waals surface area contributed by atoms with Crippen LogP contribution in [-0.2, 0) is 9.53 Å². The van der Waals surface area contributed by atoms with Gasteiger partial charge in [-0.15, -0.1) is 0 Å². The first-order chi connectivity index (χ1) is 8.99. The molecular formula is C12H13NO6. The predicted molar refractivity (Wildman–Crippen MR) is 64.2 cm³/mol. The number of nitro groups is 1. The molecular weight excluding hydrogens is 254 g/mol. The van der Waals surface area contributed by atoms with Gasteiger partial charge in [-0.2, -0.15) is 0 Å². The third-order valence-corrected chi connectivity index (χ3v) is 2.38. The lowest BCUT2D eigenvalue weighted by Gasteiger charge is -2.13. The second-order valence-electron chi connectivity index (χ2n) is 3.66. The number of carbonyl (C=O) groups excluding carboxylic acids is 2. The van der Waals surface area contributed by atoms with Crippen LogP contribution in [0.25, 0.3) is 0 Å². The molecule has 0 spiro atoms. The minimum absolute atomic E-state index is 0.0418. The molecule has 2 unspecified atom stereocenters. The molecule has 0 aromatic heterocycles. The van der Waals surface area contributed by atoms with Crippen molar-refractivity contribution in [3.05, 3.63) is 46.0 Å². The van der Waals surface area contributed by atoms with E-state index in [-0.39, 0.29) is 12.2 Å². The molecule has 0 radical (unpaired) electrons. The second kappa shape index (κ2) is 6.60. The summed E-state index contributed by atoms with van der Waals surface area (Å²) >= 11 is 0. The Morgan fingerprint density at radius 3 is 2.42 bits per heavy atom. The Bertz CT molecular complexity index is 472. The second-order valence-corrected chi connectivity index (χ2v) is 3.66. The maximum absolute atomic E-state index is 11.9. The van der Waals surface area contributed by atoms with Crippen molar-refractivity contribution in [1.82, 2.24) is 0 Å². The molecule has 19 heavy (non-hydrogen) atoms. The van der Waals surface area contributed by atoms with E-state index in [4.69, 9.17) is 0 Å². The molecule has 0 aliphatic carbocycles. The van der Waals surface area contributed by atoms with Gasteiger partial charge in [-0.1, -0.05) is 30.3 Å². The van der Waals surface area contributed by atoms with Crippen molar-refractivity contribution < 1.29 is 24.4 Å². The number of hydrogen-bond donors (Lipinski definition) is 1. The molecule has 0 aliphatic rings. The number of carbonyl (C=O) groups is 2. The number of aliphatic hydroxyl groups excluding tert-OH is 1. The molecule has 0 bridgehead atoms. The lowest BCUT2D eigenvalue weighted by Crippen LogP contribution is -2.46. The summed E-state index contributed by atoms with van der Waals surface area (Å²) in [4.78, 5) is 33.1. The average molecular weight is 267 g/mol. The standard InChI is InChI=1S/C12H13NO6/c1-2-19-12(16)11(15)9(13(17)18)10(14)8-6-4-3-5-7-8/h3-7,9,11,15H,2H2,1H3. The number of rotatable bonds is 6. The van der Waals surface area contributed by atoms with Gasteiger partial charge in [-0.05, 0) is 6.92 Å². The Balaban J connectivity index is 2.98. The molecule has 0 fully saturated rings. The smallest absolute Gasteiger partial charge is 0.342 e. The van der Waals surface area contributed by atoms with E-state index in [1.165, 1.54) is 31.2 Å². The van der Waals surface area contributed by atoms with E-state index in [9.17, 15) is 24.8 Å². The van der Waals surface area contributed by atoms with Crippen LogP contribution in [0.2, 0.25) is 0 Å². The van der Waals surface area contributed by atoms with Gasteiger partial charge in [0.2, 0.25) is 11.9 Å². The third-order valence-electron chi connectivity index (χ3n) is 2.38. The number of aliphatic hydroxyl groups is 1. The number of ether oxygens (including phenoxy) is 1. The van der Waals surface area contributed by atoms with E-state index in [0.717, 1.165) is 0 Å². The molecule has 1 N–H and O–H groups in total. The van der Waals surface area contributed by atoms with Crippen molar-refractivity contribution in [2.45, 2.75) is 19.1 Å². The molecule has 7 nitrogen and oxygen atoms in total. The van der Waals surface area contributed by atoms with Gasteiger partial charge < -0.3 is 9.84 Å². The molecule has 0 saturated carbocycles. The zero-order valence-electron chi connectivity index (χ0n) is 10.2. The van der Waals surface area contributed by atoms with Crippen LogP contribution in [0.4, 0.5) is 0 Å². The summed E-state index contributed by atoms with van der Waals surface area (Å²) in [6.45, 7) is 1.45. The van der Waals surface area contributed by atoms with Crippen molar-refractivity contribution in [2.75, 3.05) is 6.61 Å². The number of ketones is 1. The highest BCUT2D eigenvalue weighted by molar-refractivity contribution is 6.02. The molecule has 7 heteroatoms. The van der Waals surface area contributed by atoms with Gasteiger partial charge in [0.1, 0.15) is 0 Å². The van der Waals surface area contributed by atoms with E-state index in [1.54, 1.807) is 6.07 Å². The van der Waals surface area contributed by atoms with Crippen LogP contribution < -0.4 is 0 Å². The highest BCUT2D eigenvalue weighted by atomic mass is 16.6. The number of Topliss-reactive ketones (excluding diaryl/α,β-unsaturated/α-hetero) is 1. The number of nitrogens with zero attached hydrogens (tertiary/aromatic N) is 1. The Morgan fingerprint density at radius 1 is 1.37 bits per heavy atom. The number of hydrogen-bond acceptors (Lipinski definition) is 6. The Morgan fingerprint density at radius 2 is 1.95 bits per heavy atom. The summed E-state index contributed by atoms with van der Waals surface area (Å²) in [5.41, 5.74) is 0.0487. The van der Waals surface area contributed by atoms with Crippen LogP contribution in [0.3, 0.4) is 0 Å². The molecule has 1 aromatic rings. The highest BCUT2D eigenvalue weighted by Gasteiger charge is 2.43. The van der Waals surface area contributed by atoms with E-state index < -0.39 is 28.8 Å². The highest BCUT2D eigenvalue weighted by Crippen LogP contribution is 2.10. The Labute approximate surface area is 109 Å². The number of benzene rings is 1. The van der Waals surface area contributed by atoms with Crippen molar-refractivity contribution in [2.24, 2.45) is 0 Å². The summed E-state index contributed by atoms with van der Waals surface area (Å²) in [5, 5.41) is 20.5. The first kappa shape index (κ1) is 14.8. The molecule has 1 aromatic carbocycles. The van der Waals surface area contributed by atoms with E-state index in [1.807, 2.05) is 0 Å². The van der Waals surface area contributed by atoms with Crippen molar-refractivity contribution in [1.29, 1.82) is 0 Å². The summed E-state index contributed by atoms with van der Waals surface area (Å²) in [5.74, 6) is -2.13. The van der Waals surface area contributed by atoms with Gasteiger partial charge in [0, 0.05) is 10.5 Å². The van der Waals surface area contributed by atoms with Crippen LogP contribution in [0.15, 0.2) is 30.3 Å². The fourth-order valence-corrected chi connectivity index (χ4v) is 1.48. The lowest BCUT2D eigenvalue weighted by molar-refractivity contribution is -0.513. The van der Waals surface area contributed by atoms with Gasteiger partial charge in [-0.3, -0.25) is 14.9 Å². The quantitative estimate of drug-likeness (QED) is 0.347. The molecule has 0 heterocycles. The molecule has 0 saturated heterocycles. The van der Waals surface area contributed by atoms with Crippen LogP contribution in [0.5, 0.6) is 0 Å². The molecule has 2 atom stereocenters. The third kappa shape index (κ3) is 3.59. The fraction of sp³-hybridized carbons (Fsp3) is 0.333. The van der Waals surface area contributed by atoms with Crippen molar-refractivity contribution in [3.8, 4) is 0 Å². The largest absolute Gasteiger partial charge is 0.464 e. The zero-order valence-corrected chi connectivity index (χ0v) is 10.2.